The van der Waals surface area contributed by atoms with Crippen molar-refractivity contribution in [3.05, 3.63) is 78.6 Å². The number of benzene rings is 2. The highest BCUT2D eigenvalue weighted by Gasteiger charge is 2.19. The summed E-state index contributed by atoms with van der Waals surface area (Å²) in [7, 11) is 0. The molecule has 0 fully saturated rings. The Hall–Kier alpha value is -3.60. The summed E-state index contributed by atoms with van der Waals surface area (Å²) >= 11 is 0. The molecule has 1 aliphatic heterocycles. The highest BCUT2D eigenvalue weighted by Crippen LogP contribution is 2.33. The molecule has 1 amide bonds. The van der Waals surface area contributed by atoms with Gasteiger partial charge in [-0.25, -0.2) is 0 Å². The molecule has 0 spiro atoms. The number of anilines is 3. The minimum atomic E-state index is -0.123. The highest BCUT2D eigenvalue weighted by molar-refractivity contribution is 6.27. The predicted octanol–water partition coefficient (Wildman–Crippen LogP) is 3.78. The highest BCUT2D eigenvalue weighted by atomic mass is 16.1. The molecule has 0 bridgehead atoms. The monoisotopic (exact) mass is 342 g/mol. The van der Waals surface area contributed by atoms with Crippen molar-refractivity contribution in [3.63, 3.8) is 0 Å². The van der Waals surface area contributed by atoms with E-state index in [1.165, 1.54) is 0 Å². The van der Waals surface area contributed by atoms with Gasteiger partial charge in [0.05, 0.1) is 5.69 Å². The SMILES string of the molecule is Nc1cncc(-c2ccc3c(c2)C(C(=O)Nc2ccccc2)=CCN3)c1. The molecule has 4 rings (SSSR count). The Labute approximate surface area is 151 Å². The molecule has 0 aliphatic carbocycles. The van der Waals surface area contributed by atoms with Crippen LogP contribution in [0.3, 0.4) is 0 Å². The molecule has 26 heavy (non-hydrogen) atoms. The third-order valence-electron chi connectivity index (χ3n) is 4.28. The first-order chi connectivity index (χ1) is 12.7. The minimum Gasteiger partial charge on any atom is -0.397 e. The lowest BCUT2D eigenvalue weighted by Gasteiger charge is -2.20. The molecular formula is C21H18N4O. The largest absolute Gasteiger partial charge is 0.397 e. The first-order valence-corrected chi connectivity index (χ1v) is 8.36. The maximum absolute atomic E-state index is 12.8. The zero-order chi connectivity index (χ0) is 17.9. The van der Waals surface area contributed by atoms with Crippen molar-refractivity contribution < 1.29 is 4.79 Å². The number of nitrogens with one attached hydrogen (secondary N) is 2. The molecule has 5 nitrogen and oxygen atoms in total. The van der Waals surface area contributed by atoms with E-state index in [0.717, 1.165) is 28.1 Å². The lowest BCUT2D eigenvalue weighted by atomic mass is 9.95. The van der Waals surface area contributed by atoms with Crippen LogP contribution < -0.4 is 16.4 Å². The molecule has 0 radical (unpaired) electrons. The van der Waals surface area contributed by atoms with Gasteiger partial charge in [-0.05, 0) is 35.9 Å². The Morgan fingerprint density at radius 3 is 2.69 bits per heavy atom. The lowest BCUT2D eigenvalue weighted by molar-refractivity contribution is -0.111. The van der Waals surface area contributed by atoms with Crippen LogP contribution in [0.25, 0.3) is 16.7 Å². The van der Waals surface area contributed by atoms with Gasteiger partial charge in [0.1, 0.15) is 0 Å². The summed E-state index contributed by atoms with van der Waals surface area (Å²) in [6, 6.07) is 17.3. The molecule has 2 aromatic carbocycles. The molecule has 0 unspecified atom stereocenters. The number of nitrogens with zero attached hydrogens (tertiary/aromatic N) is 1. The fourth-order valence-electron chi connectivity index (χ4n) is 3.02. The number of amides is 1. The summed E-state index contributed by atoms with van der Waals surface area (Å²) in [6.45, 7) is 0.615. The van der Waals surface area contributed by atoms with Crippen molar-refractivity contribution in [2.24, 2.45) is 0 Å². The van der Waals surface area contributed by atoms with Crippen LogP contribution in [0, 0.1) is 0 Å². The fraction of sp³-hybridized carbons (Fsp3) is 0.0476. The summed E-state index contributed by atoms with van der Waals surface area (Å²) in [4.78, 5) is 16.9. The molecule has 128 valence electrons. The Bertz CT molecular complexity index is 996. The number of nitrogen functional groups attached to an aromatic ring is 1. The number of carbonyl (C=O) groups excluding carboxylic acids is 1. The third kappa shape index (κ3) is 3.15. The summed E-state index contributed by atoms with van der Waals surface area (Å²) < 4.78 is 0. The second kappa shape index (κ2) is 6.72. The number of aromatic nitrogens is 1. The number of para-hydroxylation sites is 1. The van der Waals surface area contributed by atoms with Crippen molar-refractivity contribution >= 4 is 28.5 Å². The van der Waals surface area contributed by atoms with Crippen molar-refractivity contribution in [2.45, 2.75) is 0 Å². The topological polar surface area (TPSA) is 80.0 Å². The number of nitrogens with two attached hydrogens (primary N) is 1. The van der Waals surface area contributed by atoms with Gasteiger partial charge >= 0.3 is 0 Å². The maximum atomic E-state index is 12.8. The summed E-state index contributed by atoms with van der Waals surface area (Å²) in [6.07, 6.45) is 5.28. The van der Waals surface area contributed by atoms with Crippen LogP contribution in [0.15, 0.2) is 73.1 Å². The van der Waals surface area contributed by atoms with E-state index < -0.39 is 0 Å². The number of rotatable bonds is 3. The van der Waals surface area contributed by atoms with Crippen LogP contribution in [0.1, 0.15) is 5.56 Å². The Morgan fingerprint density at radius 2 is 1.88 bits per heavy atom. The third-order valence-corrected chi connectivity index (χ3v) is 4.28. The second-order valence-corrected chi connectivity index (χ2v) is 6.09. The zero-order valence-corrected chi connectivity index (χ0v) is 14.1. The number of carbonyl (C=O) groups is 1. The van der Waals surface area contributed by atoms with Gasteiger partial charge in [-0.15, -0.1) is 0 Å². The van der Waals surface area contributed by atoms with E-state index in [-0.39, 0.29) is 5.91 Å². The van der Waals surface area contributed by atoms with Crippen molar-refractivity contribution in [1.82, 2.24) is 4.98 Å². The molecule has 0 saturated carbocycles. The van der Waals surface area contributed by atoms with Gasteiger partial charge in [-0.3, -0.25) is 9.78 Å². The van der Waals surface area contributed by atoms with Gasteiger partial charge in [-0.2, -0.15) is 0 Å². The molecular weight excluding hydrogens is 324 g/mol. The van der Waals surface area contributed by atoms with Crippen molar-refractivity contribution in [3.8, 4) is 11.1 Å². The molecule has 3 aromatic rings. The number of fused-ring (bicyclic) bond motifs is 1. The number of hydrogen-bond acceptors (Lipinski definition) is 4. The van der Waals surface area contributed by atoms with Crippen LogP contribution in [-0.4, -0.2) is 17.4 Å². The van der Waals surface area contributed by atoms with Gasteiger partial charge in [0.15, 0.2) is 0 Å². The molecule has 1 aliphatic rings. The van der Waals surface area contributed by atoms with E-state index in [1.54, 1.807) is 12.4 Å². The van der Waals surface area contributed by atoms with E-state index in [0.29, 0.717) is 17.8 Å². The van der Waals surface area contributed by atoms with Crippen molar-refractivity contribution in [2.75, 3.05) is 22.9 Å². The average Bonchev–Trinajstić information content (AvgIpc) is 2.68. The van der Waals surface area contributed by atoms with E-state index in [2.05, 4.69) is 15.6 Å². The van der Waals surface area contributed by atoms with Crippen LogP contribution >= 0.6 is 0 Å². The van der Waals surface area contributed by atoms with Gasteiger partial charge in [-0.1, -0.05) is 30.3 Å². The second-order valence-electron chi connectivity index (χ2n) is 6.09. The van der Waals surface area contributed by atoms with E-state index in [1.807, 2.05) is 60.7 Å². The van der Waals surface area contributed by atoms with Crippen LogP contribution in [0.2, 0.25) is 0 Å². The standard InChI is InChI=1S/C21H18N4O/c22-16-10-15(12-23-13-16)14-6-7-20-19(11-14)18(8-9-24-20)21(26)25-17-4-2-1-3-5-17/h1-8,10-13,24H,9,22H2,(H,25,26). The van der Waals surface area contributed by atoms with Gasteiger partial charge in [0, 0.05) is 47.0 Å². The molecule has 0 saturated heterocycles. The summed E-state index contributed by atoms with van der Waals surface area (Å²) in [5.41, 5.74) is 11.6. The molecule has 4 N–H and O–H groups in total. The smallest absolute Gasteiger partial charge is 0.256 e. The molecule has 2 heterocycles. The minimum absolute atomic E-state index is 0.123. The fourth-order valence-corrected chi connectivity index (χ4v) is 3.02. The van der Waals surface area contributed by atoms with Gasteiger partial charge in [0.25, 0.3) is 5.91 Å². The van der Waals surface area contributed by atoms with Gasteiger partial charge < -0.3 is 16.4 Å². The predicted molar refractivity (Wildman–Crippen MR) is 106 cm³/mol. The quantitative estimate of drug-likeness (QED) is 0.677. The summed E-state index contributed by atoms with van der Waals surface area (Å²) in [5, 5.41) is 6.26. The van der Waals surface area contributed by atoms with Crippen LogP contribution in [0.4, 0.5) is 17.1 Å². The number of hydrogen-bond donors (Lipinski definition) is 3. The molecule has 0 atom stereocenters. The Balaban J connectivity index is 1.68. The maximum Gasteiger partial charge on any atom is 0.256 e. The van der Waals surface area contributed by atoms with Crippen molar-refractivity contribution in [1.29, 1.82) is 0 Å². The Kier molecular flexibility index (Phi) is 4.11. The number of pyridine rings is 1. The first kappa shape index (κ1) is 15.9. The first-order valence-electron chi connectivity index (χ1n) is 8.36. The molecule has 1 aromatic heterocycles. The normalized spacial score (nSPS) is 12.5. The van der Waals surface area contributed by atoms with Crippen LogP contribution in [-0.2, 0) is 4.79 Å². The zero-order valence-electron chi connectivity index (χ0n) is 14.1. The lowest BCUT2D eigenvalue weighted by Crippen LogP contribution is -2.19. The molecule has 5 heteroatoms. The van der Waals surface area contributed by atoms with Crippen LogP contribution in [0.5, 0.6) is 0 Å². The van der Waals surface area contributed by atoms with E-state index in [9.17, 15) is 4.79 Å². The van der Waals surface area contributed by atoms with E-state index >= 15 is 0 Å². The average molecular weight is 342 g/mol. The van der Waals surface area contributed by atoms with E-state index in [4.69, 9.17) is 5.73 Å². The van der Waals surface area contributed by atoms with Gasteiger partial charge in [0.2, 0.25) is 0 Å². The Morgan fingerprint density at radius 1 is 1.04 bits per heavy atom. The summed E-state index contributed by atoms with van der Waals surface area (Å²) in [5.74, 6) is -0.123.